The molecule has 0 aliphatic heterocycles. The molecule has 2 heteroatoms. The van der Waals surface area contributed by atoms with Crippen molar-refractivity contribution in [2.45, 2.75) is 27.3 Å². The SMILES string of the molecule is CC[n+]1csc(C)c1C. The lowest BCUT2D eigenvalue weighted by Crippen LogP contribution is -2.32. The lowest BCUT2D eigenvalue weighted by Gasteiger charge is -1.85. The standard InChI is InChI=1S/C7H12NS/c1-4-8-5-9-7(3)6(8)2/h5H,4H2,1-3H3/q+1. The maximum absolute atomic E-state index is 2.26. The zero-order chi connectivity index (χ0) is 6.85. The summed E-state index contributed by atoms with van der Waals surface area (Å²) in [7, 11) is 0. The fourth-order valence-electron chi connectivity index (χ4n) is 0.821. The van der Waals surface area contributed by atoms with E-state index in [0.29, 0.717) is 0 Å². The maximum atomic E-state index is 2.26. The topological polar surface area (TPSA) is 3.88 Å². The summed E-state index contributed by atoms with van der Waals surface area (Å²) in [5.74, 6) is 0. The summed E-state index contributed by atoms with van der Waals surface area (Å²) in [6.07, 6.45) is 0. The van der Waals surface area contributed by atoms with Crippen LogP contribution in [0.25, 0.3) is 0 Å². The molecule has 0 amide bonds. The molecular formula is C7H12NS+. The van der Waals surface area contributed by atoms with Gasteiger partial charge in [-0.25, -0.2) is 0 Å². The summed E-state index contributed by atoms with van der Waals surface area (Å²) in [5, 5.41) is 0. The molecule has 9 heavy (non-hydrogen) atoms. The molecule has 0 atom stereocenters. The molecule has 50 valence electrons. The van der Waals surface area contributed by atoms with Crippen LogP contribution in [0.3, 0.4) is 0 Å². The lowest BCUT2D eigenvalue weighted by molar-refractivity contribution is -0.694. The third-order valence-electron chi connectivity index (χ3n) is 1.64. The lowest BCUT2D eigenvalue weighted by atomic mass is 10.4. The highest BCUT2D eigenvalue weighted by atomic mass is 32.1. The first kappa shape index (κ1) is 6.75. The van der Waals surface area contributed by atoms with E-state index in [0.717, 1.165) is 6.54 Å². The quantitative estimate of drug-likeness (QED) is 0.525. The van der Waals surface area contributed by atoms with Gasteiger partial charge in [-0.3, -0.25) is 0 Å². The van der Waals surface area contributed by atoms with Crippen molar-refractivity contribution in [1.29, 1.82) is 0 Å². The first-order chi connectivity index (χ1) is 4.25. The molecule has 0 spiro atoms. The first-order valence-electron chi connectivity index (χ1n) is 3.19. The van der Waals surface area contributed by atoms with Crippen molar-refractivity contribution in [3.8, 4) is 0 Å². The molecule has 0 saturated carbocycles. The number of hydrogen-bond donors (Lipinski definition) is 0. The van der Waals surface area contributed by atoms with Gasteiger partial charge in [-0.05, 0) is 13.8 Å². The summed E-state index contributed by atoms with van der Waals surface area (Å²) >= 11 is 1.82. The highest BCUT2D eigenvalue weighted by molar-refractivity contribution is 7.09. The minimum atomic E-state index is 1.09. The van der Waals surface area contributed by atoms with Crippen LogP contribution in [0.4, 0.5) is 0 Å². The summed E-state index contributed by atoms with van der Waals surface area (Å²) < 4.78 is 2.26. The Hall–Kier alpha value is -0.370. The van der Waals surface area contributed by atoms with Gasteiger partial charge in [0, 0.05) is 6.92 Å². The van der Waals surface area contributed by atoms with Gasteiger partial charge in [-0.1, -0.05) is 11.3 Å². The summed E-state index contributed by atoms with van der Waals surface area (Å²) in [6, 6.07) is 0. The highest BCUT2D eigenvalue weighted by Crippen LogP contribution is 2.06. The molecular weight excluding hydrogens is 130 g/mol. The second-order valence-corrected chi connectivity index (χ2v) is 3.21. The van der Waals surface area contributed by atoms with Crippen molar-refractivity contribution >= 4 is 11.3 Å². The number of nitrogens with zero attached hydrogens (tertiary/aromatic N) is 1. The highest BCUT2D eigenvalue weighted by Gasteiger charge is 2.07. The van der Waals surface area contributed by atoms with E-state index >= 15 is 0 Å². The molecule has 1 rings (SSSR count). The second-order valence-electron chi connectivity index (χ2n) is 2.15. The normalized spacial score (nSPS) is 10.1. The predicted octanol–water partition coefficient (Wildman–Crippen LogP) is 1.67. The van der Waals surface area contributed by atoms with E-state index in [4.69, 9.17) is 0 Å². The summed E-state index contributed by atoms with van der Waals surface area (Å²) in [5.41, 5.74) is 3.58. The second kappa shape index (κ2) is 2.48. The van der Waals surface area contributed by atoms with E-state index in [-0.39, 0.29) is 0 Å². The van der Waals surface area contributed by atoms with Crippen LogP contribution < -0.4 is 4.57 Å². The number of thiazole rings is 1. The Morgan fingerprint density at radius 2 is 2.22 bits per heavy atom. The summed E-state index contributed by atoms with van der Waals surface area (Å²) in [6.45, 7) is 7.58. The Bertz CT molecular complexity index is 203. The third kappa shape index (κ3) is 1.13. The van der Waals surface area contributed by atoms with E-state index in [9.17, 15) is 0 Å². The van der Waals surface area contributed by atoms with Crippen molar-refractivity contribution < 1.29 is 4.57 Å². The van der Waals surface area contributed by atoms with Gasteiger partial charge in [0.1, 0.15) is 6.54 Å². The molecule has 0 unspecified atom stereocenters. The molecule has 0 radical (unpaired) electrons. The Labute approximate surface area is 60.0 Å². The summed E-state index contributed by atoms with van der Waals surface area (Å²) in [4.78, 5) is 1.43. The number of aromatic nitrogens is 1. The van der Waals surface area contributed by atoms with Crippen molar-refractivity contribution in [1.82, 2.24) is 0 Å². The van der Waals surface area contributed by atoms with E-state index in [1.807, 2.05) is 11.3 Å². The van der Waals surface area contributed by atoms with Gasteiger partial charge in [-0.2, -0.15) is 4.57 Å². The van der Waals surface area contributed by atoms with Crippen LogP contribution in [0.15, 0.2) is 5.51 Å². The predicted molar refractivity (Wildman–Crippen MR) is 39.7 cm³/mol. The van der Waals surface area contributed by atoms with Crippen LogP contribution in [0.5, 0.6) is 0 Å². The Balaban J connectivity index is 3.04. The average Bonchev–Trinajstić information content (AvgIpc) is 2.15. The molecule has 0 aliphatic carbocycles. The molecule has 1 heterocycles. The van der Waals surface area contributed by atoms with Crippen LogP contribution in [0.2, 0.25) is 0 Å². The zero-order valence-electron chi connectivity index (χ0n) is 6.14. The van der Waals surface area contributed by atoms with Crippen molar-refractivity contribution in [2.75, 3.05) is 0 Å². The molecule has 0 fully saturated rings. The fourth-order valence-corrected chi connectivity index (χ4v) is 1.70. The Morgan fingerprint density at radius 3 is 2.44 bits per heavy atom. The Kier molecular flexibility index (Phi) is 1.86. The largest absolute Gasteiger partial charge is 0.225 e. The smallest absolute Gasteiger partial charge is 0.193 e. The van der Waals surface area contributed by atoms with Crippen molar-refractivity contribution in [2.24, 2.45) is 0 Å². The van der Waals surface area contributed by atoms with Gasteiger partial charge in [0.25, 0.3) is 0 Å². The van der Waals surface area contributed by atoms with Gasteiger partial charge in [0.05, 0.1) is 4.88 Å². The van der Waals surface area contributed by atoms with E-state index in [2.05, 4.69) is 30.8 Å². The minimum Gasteiger partial charge on any atom is -0.193 e. The number of hydrogen-bond acceptors (Lipinski definition) is 1. The van der Waals surface area contributed by atoms with Crippen molar-refractivity contribution in [3.63, 3.8) is 0 Å². The molecule has 1 aromatic heterocycles. The molecule has 1 aromatic rings. The molecule has 0 N–H and O–H groups in total. The van der Waals surface area contributed by atoms with Gasteiger partial charge in [-0.15, -0.1) is 0 Å². The molecule has 0 bridgehead atoms. The third-order valence-corrected chi connectivity index (χ3v) is 2.65. The van der Waals surface area contributed by atoms with Gasteiger partial charge >= 0.3 is 0 Å². The Morgan fingerprint density at radius 1 is 1.56 bits per heavy atom. The van der Waals surface area contributed by atoms with Crippen LogP contribution in [0.1, 0.15) is 17.5 Å². The van der Waals surface area contributed by atoms with E-state index in [1.165, 1.54) is 10.6 Å². The van der Waals surface area contributed by atoms with Crippen LogP contribution in [-0.2, 0) is 6.54 Å². The van der Waals surface area contributed by atoms with Crippen LogP contribution in [-0.4, -0.2) is 0 Å². The number of rotatable bonds is 1. The molecule has 0 aliphatic rings. The van der Waals surface area contributed by atoms with E-state index < -0.39 is 0 Å². The number of aryl methyl sites for hydroxylation is 2. The van der Waals surface area contributed by atoms with Gasteiger partial charge in [0.15, 0.2) is 5.69 Å². The molecule has 1 nitrogen and oxygen atoms in total. The van der Waals surface area contributed by atoms with E-state index in [1.54, 1.807) is 0 Å². The maximum Gasteiger partial charge on any atom is 0.225 e. The average molecular weight is 142 g/mol. The molecule has 0 aromatic carbocycles. The van der Waals surface area contributed by atoms with Crippen molar-refractivity contribution in [3.05, 3.63) is 16.1 Å². The van der Waals surface area contributed by atoms with Crippen LogP contribution in [0, 0.1) is 13.8 Å². The monoisotopic (exact) mass is 142 g/mol. The minimum absolute atomic E-state index is 1.09. The van der Waals surface area contributed by atoms with Gasteiger partial charge in [0.2, 0.25) is 5.51 Å². The first-order valence-corrected chi connectivity index (χ1v) is 4.07. The fraction of sp³-hybridized carbons (Fsp3) is 0.571. The zero-order valence-corrected chi connectivity index (χ0v) is 6.96. The molecule has 0 saturated heterocycles. The van der Waals surface area contributed by atoms with Crippen LogP contribution >= 0.6 is 11.3 Å². The van der Waals surface area contributed by atoms with Gasteiger partial charge < -0.3 is 0 Å².